The van der Waals surface area contributed by atoms with Gasteiger partial charge in [-0.05, 0) is 30.5 Å². The molecular formula is C13H18BrNO2. The second-order valence-electron chi connectivity index (χ2n) is 4.01. The van der Waals surface area contributed by atoms with E-state index in [0.29, 0.717) is 19.4 Å². The minimum atomic E-state index is -0.381. The lowest BCUT2D eigenvalue weighted by Crippen LogP contribution is -2.32. The van der Waals surface area contributed by atoms with Crippen LogP contribution in [-0.2, 0) is 16.0 Å². The molecule has 0 spiro atoms. The molecule has 0 bridgehead atoms. The number of ketones is 1. The molecule has 4 heteroatoms. The van der Waals surface area contributed by atoms with Crippen LogP contribution in [0.25, 0.3) is 0 Å². The molecule has 3 nitrogen and oxygen atoms in total. The second-order valence-corrected chi connectivity index (χ2v) is 4.93. The number of benzene rings is 1. The highest BCUT2D eigenvalue weighted by Crippen LogP contribution is 2.12. The van der Waals surface area contributed by atoms with Crippen LogP contribution in [0.1, 0.15) is 18.4 Å². The van der Waals surface area contributed by atoms with Crippen molar-refractivity contribution < 1.29 is 9.53 Å². The first-order valence-corrected chi connectivity index (χ1v) is 6.44. The molecule has 1 unspecified atom stereocenters. The molecule has 17 heavy (non-hydrogen) atoms. The molecule has 1 rings (SSSR count). The number of hydrogen-bond donors (Lipinski definition) is 1. The van der Waals surface area contributed by atoms with Gasteiger partial charge in [0, 0.05) is 24.6 Å². The average molecular weight is 300 g/mol. The fraction of sp³-hybridized carbons (Fsp3) is 0.462. The summed E-state index contributed by atoms with van der Waals surface area (Å²) >= 11 is 3.36. The van der Waals surface area contributed by atoms with Gasteiger partial charge in [0.25, 0.3) is 0 Å². The van der Waals surface area contributed by atoms with Crippen LogP contribution in [0.15, 0.2) is 28.7 Å². The maximum atomic E-state index is 11.8. The molecule has 94 valence electrons. The Balaban J connectivity index is 2.40. The van der Waals surface area contributed by atoms with E-state index >= 15 is 0 Å². The maximum Gasteiger partial charge on any atom is 0.153 e. The van der Waals surface area contributed by atoms with Crippen LogP contribution in [0.5, 0.6) is 0 Å². The lowest BCUT2D eigenvalue weighted by atomic mass is 10.0. The number of methoxy groups -OCH3 is 1. The summed E-state index contributed by atoms with van der Waals surface area (Å²) in [6.45, 7) is 0.652. The first kappa shape index (κ1) is 14.4. The predicted octanol–water partition coefficient (Wildman–Crippen LogP) is 2.31. The van der Waals surface area contributed by atoms with E-state index in [0.717, 1.165) is 16.5 Å². The highest BCUT2D eigenvalue weighted by Gasteiger charge is 2.13. The summed E-state index contributed by atoms with van der Waals surface area (Å²) in [7, 11) is 1.65. The van der Waals surface area contributed by atoms with Crippen molar-refractivity contribution in [3.63, 3.8) is 0 Å². The van der Waals surface area contributed by atoms with Crippen LogP contribution in [0.4, 0.5) is 0 Å². The fourth-order valence-electron chi connectivity index (χ4n) is 1.54. The molecule has 0 aliphatic heterocycles. The molecule has 0 amide bonds. The Morgan fingerprint density at radius 2 is 2.06 bits per heavy atom. The first-order valence-electron chi connectivity index (χ1n) is 5.65. The van der Waals surface area contributed by atoms with Crippen molar-refractivity contribution in [2.24, 2.45) is 5.73 Å². The van der Waals surface area contributed by atoms with Gasteiger partial charge in [0.1, 0.15) is 0 Å². The van der Waals surface area contributed by atoms with Gasteiger partial charge >= 0.3 is 0 Å². The van der Waals surface area contributed by atoms with Gasteiger partial charge in [-0.1, -0.05) is 28.1 Å². The van der Waals surface area contributed by atoms with Crippen molar-refractivity contribution in [1.82, 2.24) is 0 Å². The standard InChI is InChI=1S/C13H18BrNO2/c1-17-8-2-3-12(15)13(16)9-10-4-6-11(14)7-5-10/h4-7,12H,2-3,8-9,15H2,1H3. The van der Waals surface area contributed by atoms with Crippen LogP contribution >= 0.6 is 15.9 Å². The molecule has 2 N–H and O–H groups in total. The highest BCUT2D eigenvalue weighted by atomic mass is 79.9. The lowest BCUT2D eigenvalue weighted by molar-refractivity contribution is -0.119. The molecule has 1 atom stereocenters. The molecule has 0 fully saturated rings. The number of rotatable bonds is 7. The number of Topliss-reactive ketones (excluding diaryl/α,β-unsaturated/α-hetero) is 1. The van der Waals surface area contributed by atoms with E-state index in [1.807, 2.05) is 24.3 Å². The Morgan fingerprint density at radius 3 is 2.65 bits per heavy atom. The Bertz CT molecular complexity index is 351. The van der Waals surface area contributed by atoms with Gasteiger partial charge in [-0.25, -0.2) is 0 Å². The number of hydrogen-bond acceptors (Lipinski definition) is 3. The molecule has 0 radical (unpaired) electrons. The lowest BCUT2D eigenvalue weighted by Gasteiger charge is -2.10. The van der Waals surface area contributed by atoms with Gasteiger partial charge < -0.3 is 10.5 Å². The molecule has 0 aliphatic carbocycles. The third kappa shape index (κ3) is 5.44. The molecule has 0 aliphatic rings. The summed E-state index contributed by atoms with van der Waals surface area (Å²) in [5, 5.41) is 0. The molecule has 1 aromatic rings. The van der Waals surface area contributed by atoms with Crippen molar-refractivity contribution >= 4 is 21.7 Å². The van der Waals surface area contributed by atoms with Gasteiger partial charge in [0.15, 0.2) is 5.78 Å². The second kappa shape index (κ2) is 7.58. The number of carbonyl (C=O) groups is 1. The van der Waals surface area contributed by atoms with Gasteiger partial charge in [0.05, 0.1) is 6.04 Å². The SMILES string of the molecule is COCCCC(N)C(=O)Cc1ccc(Br)cc1. The van der Waals surface area contributed by atoms with Crippen molar-refractivity contribution in [2.75, 3.05) is 13.7 Å². The third-order valence-electron chi connectivity index (χ3n) is 2.57. The largest absolute Gasteiger partial charge is 0.385 e. The Kier molecular flexibility index (Phi) is 6.40. The van der Waals surface area contributed by atoms with Crippen LogP contribution in [0.2, 0.25) is 0 Å². The zero-order valence-corrected chi connectivity index (χ0v) is 11.6. The van der Waals surface area contributed by atoms with Crippen molar-refractivity contribution in [2.45, 2.75) is 25.3 Å². The van der Waals surface area contributed by atoms with Crippen LogP contribution < -0.4 is 5.73 Å². The Morgan fingerprint density at radius 1 is 1.41 bits per heavy atom. The van der Waals surface area contributed by atoms with Crippen LogP contribution in [0, 0.1) is 0 Å². The summed E-state index contributed by atoms with van der Waals surface area (Å²) in [4.78, 5) is 11.8. The molecule has 0 saturated carbocycles. The Hall–Kier alpha value is -0.710. The van der Waals surface area contributed by atoms with E-state index in [4.69, 9.17) is 10.5 Å². The molecule has 0 saturated heterocycles. The smallest absolute Gasteiger partial charge is 0.153 e. The molecule has 0 heterocycles. The summed E-state index contributed by atoms with van der Waals surface area (Å²) in [6.07, 6.45) is 1.91. The third-order valence-corrected chi connectivity index (χ3v) is 3.10. The summed E-state index contributed by atoms with van der Waals surface area (Å²) in [6, 6.07) is 7.35. The highest BCUT2D eigenvalue weighted by molar-refractivity contribution is 9.10. The minimum absolute atomic E-state index is 0.0865. The van der Waals surface area contributed by atoms with E-state index in [1.54, 1.807) is 7.11 Å². The molecule has 0 aromatic heterocycles. The van der Waals surface area contributed by atoms with Gasteiger partial charge in [-0.2, -0.15) is 0 Å². The van der Waals surface area contributed by atoms with E-state index in [2.05, 4.69) is 15.9 Å². The van der Waals surface area contributed by atoms with Crippen LogP contribution in [-0.4, -0.2) is 25.5 Å². The predicted molar refractivity (Wildman–Crippen MR) is 71.9 cm³/mol. The quantitative estimate of drug-likeness (QED) is 0.786. The van der Waals surface area contributed by atoms with E-state index < -0.39 is 0 Å². The zero-order chi connectivity index (χ0) is 12.7. The normalized spacial score (nSPS) is 12.4. The summed E-state index contributed by atoms with van der Waals surface area (Å²) in [5.74, 6) is 0.0865. The van der Waals surface area contributed by atoms with E-state index in [-0.39, 0.29) is 11.8 Å². The Labute approximate surface area is 110 Å². The van der Waals surface area contributed by atoms with Crippen molar-refractivity contribution in [3.05, 3.63) is 34.3 Å². The van der Waals surface area contributed by atoms with Gasteiger partial charge in [-0.3, -0.25) is 4.79 Å². The molecule has 1 aromatic carbocycles. The summed E-state index contributed by atoms with van der Waals surface area (Å²) in [5.41, 5.74) is 6.82. The summed E-state index contributed by atoms with van der Waals surface area (Å²) < 4.78 is 5.94. The monoisotopic (exact) mass is 299 g/mol. The van der Waals surface area contributed by atoms with Crippen molar-refractivity contribution in [1.29, 1.82) is 0 Å². The first-order chi connectivity index (χ1) is 8.13. The topological polar surface area (TPSA) is 52.3 Å². The van der Waals surface area contributed by atoms with Gasteiger partial charge in [-0.15, -0.1) is 0 Å². The minimum Gasteiger partial charge on any atom is -0.385 e. The number of nitrogens with two attached hydrogens (primary N) is 1. The average Bonchev–Trinajstić information content (AvgIpc) is 2.32. The number of ether oxygens (including phenoxy) is 1. The molecular weight excluding hydrogens is 282 g/mol. The van der Waals surface area contributed by atoms with Crippen LogP contribution in [0.3, 0.4) is 0 Å². The van der Waals surface area contributed by atoms with Gasteiger partial charge in [0.2, 0.25) is 0 Å². The maximum absolute atomic E-state index is 11.8. The van der Waals surface area contributed by atoms with E-state index in [1.165, 1.54) is 0 Å². The fourth-order valence-corrected chi connectivity index (χ4v) is 1.81. The zero-order valence-electron chi connectivity index (χ0n) is 9.99. The van der Waals surface area contributed by atoms with Crippen molar-refractivity contribution in [3.8, 4) is 0 Å². The number of carbonyl (C=O) groups excluding carboxylic acids is 1. The van der Waals surface area contributed by atoms with E-state index in [9.17, 15) is 4.79 Å². The number of halogens is 1.